The van der Waals surface area contributed by atoms with Gasteiger partial charge in [-0.25, -0.2) is 0 Å². The molecule has 142 valence electrons. The van der Waals surface area contributed by atoms with Crippen LogP contribution in [0.4, 0.5) is 0 Å². The molecule has 1 aromatic heterocycles. The smallest absolute Gasteiger partial charge is 0.306 e. The van der Waals surface area contributed by atoms with Crippen LogP contribution in [0.3, 0.4) is 0 Å². The maximum Gasteiger partial charge on any atom is 0.306 e. The van der Waals surface area contributed by atoms with Crippen molar-refractivity contribution in [3.63, 3.8) is 0 Å². The van der Waals surface area contributed by atoms with Gasteiger partial charge in [0.15, 0.2) is 18.1 Å². The van der Waals surface area contributed by atoms with Gasteiger partial charge in [0.05, 0.1) is 0 Å². The van der Waals surface area contributed by atoms with Crippen molar-refractivity contribution in [2.45, 2.75) is 18.9 Å². The van der Waals surface area contributed by atoms with Crippen LogP contribution in [-0.4, -0.2) is 37.1 Å². The summed E-state index contributed by atoms with van der Waals surface area (Å²) in [5.41, 5.74) is 5.45. The van der Waals surface area contributed by atoms with E-state index in [2.05, 4.69) is 10.9 Å². The predicted molar refractivity (Wildman–Crippen MR) is 96.2 cm³/mol. The average molecular weight is 390 g/mol. The summed E-state index contributed by atoms with van der Waals surface area (Å²) < 4.78 is 15.8. The number of ether oxygens (including phenoxy) is 3. The fraction of sp³-hybridized carbons (Fsp3) is 0.278. The van der Waals surface area contributed by atoms with Gasteiger partial charge in [-0.05, 0) is 40.9 Å². The van der Waals surface area contributed by atoms with Crippen molar-refractivity contribution < 1.29 is 28.6 Å². The molecule has 0 fully saturated rings. The van der Waals surface area contributed by atoms with Crippen molar-refractivity contribution >= 4 is 29.1 Å². The van der Waals surface area contributed by atoms with Crippen LogP contribution in [0.15, 0.2) is 41.1 Å². The second kappa shape index (κ2) is 9.04. The quantitative estimate of drug-likeness (QED) is 0.568. The number of hydrogen-bond donors (Lipinski definition) is 2. The highest BCUT2D eigenvalue weighted by atomic mass is 32.1. The first-order chi connectivity index (χ1) is 13.1. The van der Waals surface area contributed by atoms with Gasteiger partial charge < -0.3 is 14.2 Å². The number of thiophene rings is 1. The summed E-state index contributed by atoms with van der Waals surface area (Å²) in [5.74, 6) is -0.691. The highest BCUT2D eigenvalue weighted by Crippen LogP contribution is 2.30. The van der Waals surface area contributed by atoms with Crippen LogP contribution in [0.25, 0.3) is 0 Å². The Morgan fingerprint density at radius 3 is 2.74 bits per heavy atom. The van der Waals surface area contributed by atoms with Gasteiger partial charge in [-0.3, -0.25) is 25.2 Å². The van der Waals surface area contributed by atoms with Gasteiger partial charge >= 0.3 is 5.97 Å². The second-order valence-corrected chi connectivity index (χ2v) is 6.47. The maximum absolute atomic E-state index is 12.0. The minimum absolute atomic E-state index is 0.0241. The maximum atomic E-state index is 12.0. The first kappa shape index (κ1) is 18.7. The number of fused-ring (bicyclic) bond motifs is 1. The van der Waals surface area contributed by atoms with Crippen molar-refractivity contribution in [1.82, 2.24) is 10.9 Å². The molecule has 1 aliphatic rings. The lowest BCUT2D eigenvalue weighted by Crippen LogP contribution is -2.51. The molecule has 2 aromatic rings. The first-order valence-electron chi connectivity index (χ1n) is 8.25. The van der Waals surface area contributed by atoms with Crippen LogP contribution < -0.4 is 20.3 Å². The molecule has 3 rings (SSSR count). The number of hydrazine groups is 1. The Bertz CT molecular complexity index is 808. The van der Waals surface area contributed by atoms with Gasteiger partial charge in [-0.15, -0.1) is 0 Å². The lowest BCUT2D eigenvalue weighted by molar-refractivity contribution is -0.149. The van der Waals surface area contributed by atoms with E-state index in [1.807, 2.05) is 16.8 Å². The Labute approximate surface area is 159 Å². The van der Waals surface area contributed by atoms with E-state index in [9.17, 15) is 14.4 Å². The molecule has 0 aliphatic carbocycles. The zero-order valence-electron chi connectivity index (χ0n) is 14.3. The molecule has 0 bridgehead atoms. The Morgan fingerprint density at radius 1 is 1.15 bits per heavy atom. The third-order valence-corrected chi connectivity index (χ3v) is 4.42. The minimum Gasteiger partial charge on any atom is -0.485 e. The van der Waals surface area contributed by atoms with E-state index in [-0.39, 0.29) is 13.0 Å². The van der Waals surface area contributed by atoms with Crippen LogP contribution in [0.5, 0.6) is 11.5 Å². The number of hydrogen-bond acceptors (Lipinski definition) is 7. The third-order valence-electron chi connectivity index (χ3n) is 3.69. The Morgan fingerprint density at radius 2 is 1.96 bits per heavy atom. The van der Waals surface area contributed by atoms with Crippen molar-refractivity contribution in [1.29, 1.82) is 0 Å². The van der Waals surface area contributed by atoms with Gasteiger partial charge in [0, 0.05) is 6.42 Å². The summed E-state index contributed by atoms with van der Waals surface area (Å²) in [6.07, 6.45) is -0.155. The highest BCUT2D eigenvalue weighted by Gasteiger charge is 2.27. The number of carbonyl (C=O) groups is 3. The van der Waals surface area contributed by atoms with Crippen LogP contribution in [-0.2, 0) is 25.5 Å². The molecule has 0 spiro atoms. The molecule has 8 nitrogen and oxygen atoms in total. The molecule has 9 heteroatoms. The van der Waals surface area contributed by atoms with E-state index in [0.29, 0.717) is 17.9 Å². The highest BCUT2D eigenvalue weighted by molar-refractivity contribution is 7.07. The molecule has 2 amide bonds. The van der Waals surface area contributed by atoms with Crippen molar-refractivity contribution in [3.05, 3.63) is 46.7 Å². The number of carbonyl (C=O) groups excluding carboxylic acids is 3. The van der Waals surface area contributed by atoms with Crippen LogP contribution in [0, 0.1) is 0 Å². The summed E-state index contributed by atoms with van der Waals surface area (Å²) in [6, 6.07) is 8.90. The van der Waals surface area contributed by atoms with E-state index in [0.717, 1.165) is 5.56 Å². The predicted octanol–water partition coefficient (Wildman–Crippen LogP) is 1.21. The summed E-state index contributed by atoms with van der Waals surface area (Å²) in [6.45, 7) is -0.454. The minimum atomic E-state index is -0.895. The number of benzene rings is 1. The molecule has 1 atom stereocenters. The van der Waals surface area contributed by atoms with Crippen molar-refractivity contribution in [2.75, 3.05) is 13.2 Å². The lowest BCUT2D eigenvalue weighted by Gasteiger charge is -2.25. The van der Waals surface area contributed by atoms with Gasteiger partial charge in [-0.1, -0.05) is 12.1 Å². The number of esters is 1. The summed E-state index contributed by atoms with van der Waals surface area (Å²) >= 11 is 1.55. The molecule has 1 aromatic carbocycles. The SMILES string of the molecule is O=C(COC(=O)CCc1ccsc1)NNC(=O)[C@@H]1COc2ccccc2O1. The Hall–Kier alpha value is -3.07. The Kier molecular flexibility index (Phi) is 6.26. The van der Waals surface area contributed by atoms with Crippen LogP contribution in [0.1, 0.15) is 12.0 Å². The average Bonchev–Trinajstić information content (AvgIpc) is 3.22. The van der Waals surface area contributed by atoms with Crippen LogP contribution >= 0.6 is 11.3 Å². The standard InChI is InChI=1S/C18H18N2O6S/c21-16(10-25-17(22)6-5-12-7-8-27-11-12)19-20-18(23)15-9-24-13-3-1-2-4-14(13)26-15/h1-4,7-8,11,15H,5-6,9-10H2,(H,19,21)(H,20,23)/t15-/m0/s1. The van der Waals surface area contributed by atoms with E-state index < -0.39 is 30.5 Å². The molecule has 0 saturated heterocycles. The monoisotopic (exact) mass is 390 g/mol. The molecule has 0 saturated carbocycles. The third kappa shape index (κ3) is 5.45. The molecule has 1 aliphatic heterocycles. The zero-order valence-corrected chi connectivity index (χ0v) is 15.1. The Balaban J connectivity index is 1.34. The molecular weight excluding hydrogens is 372 g/mol. The summed E-state index contributed by atoms with van der Waals surface area (Å²) in [4.78, 5) is 35.4. The van der Waals surface area contributed by atoms with E-state index in [1.165, 1.54) is 0 Å². The fourth-order valence-corrected chi connectivity index (χ4v) is 3.00. The number of para-hydroxylation sites is 2. The second-order valence-electron chi connectivity index (χ2n) is 5.69. The molecule has 2 N–H and O–H groups in total. The van der Waals surface area contributed by atoms with Crippen molar-refractivity contribution in [2.24, 2.45) is 0 Å². The molecule has 0 unspecified atom stereocenters. The molecule has 2 heterocycles. The fourth-order valence-electron chi connectivity index (χ4n) is 2.30. The number of aryl methyl sites for hydroxylation is 1. The number of nitrogens with one attached hydrogen (secondary N) is 2. The summed E-state index contributed by atoms with van der Waals surface area (Å²) in [7, 11) is 0. The largest absolute Gasteiger partial charge is 0.485 e. The summed E-state index contributed by atoms with van der Waals surface area (Å²) in [5, 5.41) is 3.88. The van der Waals surface area contributed by atoms with Gasteiger partial charge in [-0.2, -0.15) is 11.3 Å². The lowest BCUT2D eigenvalue weighted by atomic mass is 10.2. The molecule has 27 heavy (non-hydrogen) atoms. The first-order valence-corrected chi connectivity index (χ1v) is 9.20. The van der Waals surface area contributed by atoms with Gasteiger partial charge in [0.25, 0.3) is 11.8 Å². The van der Waals surface area contributed by atoms with Gasteiger partial charge in [0.1, 0.15) is 6.61 Å². The molecule has 0 radical (unpaired) electrons. The number of amides is 2. The van der Waals surface area contributed by atoms with E-state index in [4.69, 9.17) is 14.2 Å². The zero-order chi connectivity index (χ0) is 19.1. The molecular formula is C18H18N2O6S. The normalized spacial score (nSPS) is 14.9. The van der Waals surface area contributed by atoms with E-state index >= 15 is 0 Å². The number of rotatable bonds is 6. The van der Waals surface area contributed by atoms with Gasteiger partial charge in [0.2, 0.25) is 6.10 Å². The van der Waals surface area contributed by atoms with Crippen LogP contribution in [0.2, 0.25) is 0 Å². The van der Waals surface area contributed by atoms with E-state index in [1.54, 1.807) is 35.6 Å². The van der Waals surface area contributed by atoms with Crippen molar-refractivity contribution in [3.8, 4) is 11.5 Å². The topological polar surface area (TPSA) is 103 Å².